The summed E-state index contributed by atoms with van der Waals surface area (Å²) < 4.78 is 0. The van der Waals surface area contributed by atoms with Gasteiger partial charge in [0.2, 0.25) is 0 Å². The van der Waals surface area contributed by atoms with Gasteiger partial charge in [0.25, 0.3) is 0 Å². The lowest BCUT2D eigenvalue weighted by Crippen LogP contribution is -2.10. The molecule has 0 unspecified atom stereocenters. The summed E-state index contributed by atoms with van der Waals surface area (Å²) in [6.45, 7) is 2.75. The van der Waals surface area contributed by atoms with E-state index in [2.05, 4.69) is 5.32 Å². The molecular weight excluding hydrogens is 210 g/mol. The van der Waals surface area contributed by atoms with E-state index in [4.69, 9.17) is 11.6 Å². The highest BCUT2D eigenvalue weighted by Crippen LogP contribution is 2.20. The van der Waals surface area contributed by atoms with Crippen LogP contribution >= 0.6 is 11.6 Å². The molecule has 0 fully saturated rings. The number of benzene rings is 1. The van der Waals surface area contributed by atoms with Crippen molar-refractivity contribution < 1.29 is 4.79 Å². The average Bonchev–Trinajstić information content (AvgIpc) is 2.22. The lowest BCUT2D eigenvalue weighted by molar-refractivity contribution is 0.0979. The third-order valence-corrected chi connectivity index (χ3v) is 2.81. The van der Waals surface area contributed by atoms with Crippen molar-refractivity contribution in [3.8, 4) is 0 Å². The van der Waals surface area contributed by atoms with Crippen molar-refractivity contribution in [3.63, 3.8) is 0 Å². The van der Waals surface area contributed by atoms with E-state index in [-0.39, 0.29) is 5.78 Å². The maximum Gasteiger partial charge on any atom is 0.163 e. The van der Waals surface area contributed by atoms with E-state index in [9.17, 15) is 4.79 Å². The van der Waals surface area contributed by atoms with Crippen LogP contribution in [0.3, 0.4) is 0 Å². The molecule has 0 aliphatic heterocycles. The molecule has 0 amide bonds. The molecule has 1 aromatic rings. The minimum absolute atomic E-state index is 0.172. The monoisotopic (exact) mass is 225 g/mol. The van der Waals surface area contributed by atoms with Crippen molar-refractivity contribution in [1.29, 1.82) is 0 Å². The molecule has 0 aromatic heterocycles. The molecule has 0 spiro atoms. The number of hydrogen-bond donors (Lipinski definition) is 1. The van der Waals surface area contributed by atoms with Gasteiger partial charge in [-0.3, -0.25) is 4.79 Å². The molecule has 0 aliphatic carbocycles. The van der Waals surface area contributed by atoms with E-state index in [1.807, 2.05) is 26.1 Å². The Morgan fingerprint density at radius 1 is 1.47 bits per heavy atom. The Balaban J connectivity index is 2.69. The number of Topliss-reactive ketones (excluding diaryl/α,β-unsaturated/α-hetero) is 1. The molecule has 3 heteroatoms. The quantitative estimate of drug-likeness (QED) is 0.617. The molecule has 15 heavy (non-hydrogen) atoms. The van der Waals surface area contributed by atoms with Gasteiger partial charge in [0.15, 0.2) is 5.78 Å². The molecule has 2 nitrogen and oxygen atoms in total. The van der Waals surface area contributed by atoms with Gasteiger partial charge in [-0.05, 0) is 38.6 Å². The summed E-state index contributed by atoms with van der Waals surface area (Å²) in [6.07, 6.45) is 1.43. The Kier molecular flexibility index (Phi) is 4.79. The largest absolute Gasteiger partial charge is 0.320 e. The number of carbonyl (C=O) groups excluding carboxylic acids is 1. The van der Waals surface area contributed by atoms with E-state index in [1.165, 1.54) is 0 Å². The number of hydrogen-bond acceptors (Lipinski definition) is 2. The zero-order valence-electron chi connectivity index (χ0n) is 9.14. The van der Waals surface area contributed by atoms with Gasteiger partial charge in [0, 0.05) is 17.0 Å². The number of halogens is 1. The summed E-state index contributed by atoms with van der Waals surface area (Å²) in [5.41, 5.74) is 1.63. The predicted octanol–water partition coefficient (Wildman–Crippen LogP) is 2.83. The van der Waals surface area contributed by atoms with Gasteiger partial charge >= 0.3 is 0 Å². The second-order valence-electron chi connectivity index (χ2n) is 3.54. The zero-order valence-corrected chi connectivity index (χ0v) is 9.90. The number of carbonyl (C=O) groups is 1. The first-order valence-corrected chi connectivity index (χ1v) is 5.47. The molecule has 1 N–H and O–H groups in total. The molecule has 82 valence electrons. The normalized spacial score (nSPS) is 10.3. The SMILES string of the molecule is CNCCCC(=O)c1cccc(Cl)c1C. The fourth-order valence-corrected chi connectivity index (χ4v) is 1.64. The van der Waals surface area contributed by atoms with Crippen molar-refractivity contribution in [2.45, 2.75) is 19.8 Å². The topological polar surface area (TPSA) is 29.1 Å². The maximum atomic E-state index is 11.8. The zero-order chi connectivity index (χ0) is 11.3. The van der Waals surface area contributed by atoms with Crippen molar-refractivity contribution in [1.82, 2.24) is 5.32 Å². The highest BCUT2D eigenvalue weighted by molar-refractivity contribution is 6.31. The Hall–Kier alpha value is -0.860. The fourth-order valence-electron chi connectivity index (χ4n) is 1.47. The van der Waals surface area contributed by atoms with Crippen molar-refractivity contribution in [2.75, 3.05) is 13.6 Å². The molecular formula is C12H16ClNO. The number of rotatable bonds is 5. The molecule has 1 aromatic carbocycles. The second kappa shape index (κ2) is 5.89. The van der Waals surface area contributed by atoms with Crippen molar-refractivity contribution >= 4 is 17.4 Å². The summed E-state index contributed by atoms with van der Waals surface area (Å²) in [7, 11) is 1.88. The molecule has 1 rings (SSSR count). The molecule has 0 heterocycles. The van der Waals surface area contributed by atoms with Gasteiger partial charge in [-0.1, -0.05) is 23.7 Å². The van der Waals surface area contributed by atoms with Crippen molar-refractivity contribution in [3.05, 3.63) is 34.3 Å². The van der Waals surface area contributed by atoms with E-state index in [0.29, 0.717) is 11.4 Å². The summed E-state index contributed by atoms with van der Waals surface area (Å²) in [6, 6.07) is 5.46. The number of ketones is 1. The van der Waals surface area contributed by atoms with E-state index >= 15 is 0 Å². The van der Waals surface area contributed by atoms with Crippen LogP contribution < -0.4 is 5.32 Å². The lowest BCUT2D eigenvalue weighted by atomic mass is 10.0. The molecule has 0 saturated heterocycles. The van der Waals surface area contributed by atoms with Gasteiger partial charge in [0.05, 0.1) is 0 Å². The highest BCUT2D eigenvalue weighted by Gasteiger charge is 2.09. The van der Waals surface area contributed by atoms with Crippen LogP contribution in [-0.2, 0) is 0 Å². The van der Waals surface area contributed by atoms with Crippen LogP contribution in [0.2, 0.25) is 5.02 Å². The van der Waals surface area contributed by atoms with Gasteiger partial charge in [-0.15, -0.1) is 0 Å². The molecule has 0 atom stereocenters. The van der Waals surface area contributed by atoms with Crippen LogP contribution in [0, 0.1) is 6.92 Å². The van der Waals surface area contributed by atoms with E-state index in [1.54, 1.807) is 6.07 Å². The molecule has 0 radical (unpaired) electrons. The Morgan fingerprint density at radius 2 is 2.20 bits per heavy atom. The minimum Gasteiger partial charge on any atom is -0.320 e. The third-order valence-electron chi connectivity index (χ3n) is 2.40. The lowest BCUT2D eigenvalue weighted by Gasteiger charge is -2.06. The van der Waals surface area contributed by atoms with Crippen molar-refractivity contribution in [2.24, 2.45) is 0 Å². The Labute approximate surface area is 95.6 Å². The van der Waals surface area contributed by atoms with Gasteiger partial charge < -0.3 is 5.32 Å². The molecule has 0 saturated carbocycles. The van der Waals surface area contributed by atoms with E-state index in [0.717, 1.165) is 24.1 Å². The summed E-state index contributed by atoms with van der Waals surface area (Å²) >= 11 is 5.95. The van der Waals surface area contributed by atoms with Crippen LogP contribution in [0.1, 0.15) is 28.8 Å². The first-order chi connectivity index (χ1) is 7.16. The Morgan fingerprint density at radius 3 is 2.87 bits per heavy atom. The van der Waals surface area contributed by atoms with Gasteiger partial charge in [-0.25, -0.2) is 0 Å². The first-order valence-electron chi connectivity index (χ1n) is 5.09. The van der Waals surface area contributed by atoms with E-state index < -0.39 is 0 Å². The minimum atomic E-state index is 0.172. The average molecular weight is 226 g/mol. The summed E-state index contributed by atoms with van der Waals surface area (Å²) in [4.78, 5) is 11.8. The van der Waals surface area contributed by atoms with Crippen LogP contribution in [0.4, 0.5) is 0 Å². The highest BCUT2D eigenvalue weighted by atomic mass is 35.5. The van der Waals surface area contributed by atoms with Crippen LogP contribution in [0.15, 0.2) is 18.2 Å². The second-order valence-corrected chi connectivity index (χ2v) is 3.95. The van der Waals surface area contributed by atoms with Crippen LogP contribution in [0.5, 0.6) is 0 Å². The first kappa shape index (κ1) is 12.2. The molecule has 0 bridgehead atoms. The molecule has 0 aliphatic rings. The standard InChI is InChI=1S/C12H16ClNO/c1-9-10(5-3-6-11(9)13)12(15)7-4-8-14-2/h3,5-6,14H,4,7-8H2,1-2H3. The Bertz CT molecular complexity index is 349. The maximum absolute atomic E-state index is 11.8. The predicted molar refractivity (Wildman–Crippen MR) is 63.7 cm³/mol. The number of nitrogens with one attached hydrogen (secondary N) is 1. The van der Waals surface area contributed by atoms with Gasteiger partial charge in [0.1, 0.15) is 0 Å². The third kappa shape index (κ3) is 3.33. The van der Waals surface area contributed by atoms with Gasteiger partial charge in [-0.2, -0.15) is 0 Å². The van der Waals surface area contributed by atoms with Crippen LogP contribution in [-0.4, -0.2) is 19.4 Å². The summed E-state index contributed by atoms with van der Waals surface area (Å²) in [5.74, 6) is 0.172. The summed E-state index contributed by atoms with van der Waals surface area (Å²) in [5, 5.41) is 3.68. The van der Waals surface area contributed by atoms with Crippen LogP contribution in [0.25, 0.3) is 0 Å². The smallest absolute Gasteiger partial charge is 0.163 e. The fraction of sp³-hybridized carbons (Fsp3) is 0.417.